The predicted molar refractivity (Wildman–Crippen MR) is 330 cm³/mol. The van der Waals surface area contributed by atoms with Gasteiger partial charge in [-0.1, -0.05) is 255 Å². The Morgan fingerprint density at radius 2 is 0.831 bits per heavy atom. The number of nitrogens with one attached hydrogen (secondary N) is 1. The number of hydrogen-bond donors (Lipinski definition) is 1. The van der Waals surface area contributed by atoms with Gasteiger partial charge in [0.25, 0.3) is 7.82 Å². The molecule has 0 fully saturated rings. The topological polar surface area (TPSA) is 114 Å². The molecule has 0 aromatic carbocycles. The summed E-state index contributed by atoms with van der Waals surface area (Å²) in [6, 6.07) is -0.898. The predicted octanol–water partition coefficient (Wildman–Crippen LogP) is 19.4. The molecule has 3 unspecified atom stereocenters. The second-order valence-electron chi connectivity index (χ2n) is 22.9. The maximum atomic E-state index is 13.6. The minimum atomic E-state index is -4.71. The number of amides is 1. The summed E-state index contributed by atoms with van der Waals surface area (Å²) in [5, 5.41) is 3.03. The molecule has 1 amide bonds. The van der Waals surface area contributed by atoms with Gasteiger partial charge in [0, 0.05) is 12.8 Å². The third-order valence-corrected chi connectivity index (χ3v) is 15.1. The smallest absolute Gasteiger partial charge is 0.306 e. The Bertz CT molecular complexity index is 1550. The Balaban J connectivity index is 5.22. The van der Waals surface area contributed by atoms with Crippen LogP contribution in [-0.4, -0.2) is 69.4 Å². The number of unbranched alkanes of at least 4 members (excludes halogenated alkanes) is 33. The fourth-order valence-corrected chi connectivity index (χ4v) is 9.83. The first-order valence-corrected chi connectivity index (χ1v) is 33.7. The third kappa shape index (κ3) is 57.9. The molecule has 1 N–H and O–H groups in total. The number of carbonyl (C=O) groups excluding carboxylic acids is 2. The largest absolute Gasteiger partial charge is 0.756 e. The highest BCUT2D eigenvalue weighted by molar-refractivity contribution is 7.45. The number of phosphoric acid groups is 1. The highest BCUT2D eigenvalue weighted by Crippen LogP contribution is 2.38. The maximum absolute atomic E-state index is 13.6. The third-order valence-electron chi connectivity index (χ3n) is 14.1. The zero-order valence-electron chi connectivity index (χ0n) is 51.2. The Hall–Kier alpha value is -2.55. The van der Waals surface area contributed by atoms with E-state index in [0.717, 1.165) is 103 Å². The lowest BCUT2D eigenvalue weighted by atomic mass is 10.0. The molecule has 0 rings (SSSR count). The second kappa shape index (κ2) is 56.7. The molecule has 9 nitrogen and oxygen atoms in total. The van der Waals surface area contributed by atoms with Crippen molar-refractivity contribution in [3.63, 3.8) is 0 Å². The van der Waals surface area contributed by atoms with E-state index in [1.807, 2.05) is 33.3 Å². The van der Waals surface area contributed by atoms with Gasteiger partial charge >= 0.3 is 5.97 Å². The summed E-state index contributed by atoms with van der Waals surface area (Å²) in [4.78, 5) is 40.0. The zero-order chi connectivity index (χ0) is 56.4. The number of hydrogen-bond acceptors (Lipinski definition) is 7. The van der Waals surface area contributed by atoms with Gasteiger partial charge in [0.1, 0.15) is 19.3 Å². The minimum absolute atomic E-state index is 0.0270. The Morgan fingerprint density at radius 1 is 0.468 bits per heavy atom. The molecule has 0 aromatic heterocycles. The standard InChI is InChI=1S/C67H123N2O7P/c1-7-10-13-16-19-22-25-28-30-31-32-33-34-35-36-37-39-41-44-47-50-53-56-59-66(70)68-64(63-75-77(72,73)74-62-61-69(4,5)6)65(58-55-52-49-46-43-40-27-24-21-18-15-12-9-3)76-67(71)60-57-54-51-48-45-42-38-29-26-23-20-17-14-11-8-2/h19-20,22-23,26,28-30,32-33,55,58,64-65H,7-18,21,24-25,27,31,34-54,56-57,59-63H2,1-6H3,(H-,68,70,72,73)/b22-19-,23-20+,29-26+,30-28-,33-32-,58-55-. The number of nitrogens with zero attached hydrogens (tertiary/aromatic N) is 1. The molecule has 0 spiro atoms. The zero-order valence-corrected chi connectivity index (χ0v) is 52.0. The van der Waals surface area contributed by atoms with Crippen LogP contribution in [0, 0.1) is 0 Å². The molecular formula is C67H123N2O7P. The van der Waals surface area contributed by atoms with E-state index in [1.165, 1.54) is 148 Å². The lowest BCUT2D eigenvalue weighted by molar-refractivity contribution is -0.870. The number of carbonyl (C=O) groups is 2. The molecule has 0 aromatic rings. The number of likely N-dealkylation sites (N-methyl/N-ethyl adjacent to an activating group) is 1. The van der Waals surface area contributed by atoms with E-state index in [9.17, 15) is 19.0 Å². The van der Waals surface area contributed by atoms with Crippen LogP contribution in [0.1, 0.15) is 290 Å². The summed E-state index contributed by atoms with van der Waals surface area (Å²) in [5.74, 6) is -0.555. The van der Waals surface area contributed by atoms with Gasteiger partial charge in [-0.05, 0) is 96.0 Å². The van der Waals surface area contributed by atoms with Gasteiger partial charge < -0.3 is 28.5 Å². The van der Waals surface area contributed by atoms with Crippen LogP contribution in [0.25, 0.3) is 0 Å². The molecule has 0 aliphatic heterocycles. The van der Waals surface area contributed by atoms with Crippen LogP contribution in [0.4, 0.5) is 0 Å². The Labute approximate surface area is 476 Å². The molecule has 0 radical (unpaired) electrons. The summed E-state index contributed by atoms with van der Waals surface area (Å²) >= 11 is 0. The molecule has 0 bridgehead atoms. The average molecular weight is 1100 g/mol. The fourth-order valence-electron chi connectivity index (χ4n) is 9.11. The highest BCUT2D eigenvalue weighted by atomic mass is 31.2. The van der Waals surface area contributed by atoms with Crippen molar-refractivity contribution in [2.75, 3.05) is 40.9 Å². The average Bonchev–Trinajstić information content (AvgIpc) is 3.39. The van der Waals surface area contributed by atoms with E-state index in [-0.39, 0.29) is 24.9 Å². The number of allylic oxidation sites excluding steroid dienone is 11. The van der Waals surface area contributed by atoms with E-state index in [1.54, 1.807) is 0 Å². The van der Waals surface area contributed by atoms with Gasteiger partial charge in [0.05, 0.1) is 33.8 Å². The Morgan fingerprint density at radius 3 is 1.29 bits per heavy atom. The number of ether oxygens (including phenoxy) is 1. The van der Waals surface area contributed by atoms with Crippen molar-refractivity contribution in [1.82, 2.24) is 5.32 Å². The summed E-state index contributed by atoms with van der Waals surface area (Å²) in [6.07, 6.45) is 72.9. The molecule has 0 saturated heterocycles. The fraction of sp³-hybridized carbons (Fsp3) is 0.791. The summed E-state index contributed by atoms with van der Waals surface area (Å²) in [6.45, 7) is 6.79. The molecular weight excluding hydrogens is 976 g/mol. The van der Waals surface area contributed by atoms with Crippen molar-refractivity contribution < 1.29 is 37.3 Å². The van der Waals surface area contributed by atoms with Gasteiger partial charge in [0.2, 0.25) is 5.91 Å². The van der Waals surface area contributed by atoms with Crippen molar-refractivity contribution in [2.45, 2.75) is 303 Å². The number of esters is 1. The van der Waals surface area contributed by atoms with Gasteiger partial charge in [-0.3, -0.25) is 14.2 Å². The lowest BCUT2D eigenvalue weighted by Gasteiger charge is -2.30. The van der Waals surface area contributed by atoms with Crippen molar-refractivity contribution in [3.8, 4) is 0 Å². The van der Waals surface area contributed by atoms with Crippen LogP contribution >= 0.6 is 7.82 Å². The van der Waals surface area contributed by atoms with E-state index in [0.29, 0.717) is 23.9 Å². The summed E-state index contributed by atoms with van der Waals surface area (Å²) in [5.41, 5.74) is 0. The van der Waals surface area contributed by atoms with E-state index >= 15 is 0 Å². The molecule has 10 heteroatoms. The summed E-state index contributed by atoms with van der Waals surface area (Å²) < 4.78 is 30.3. The van der Waals surface area contributed by atoms with Crippen LogP contribution in [0.2, 0.25) is 0 Å². The van der Waals surface area contributed by atoms with E-state index < -0.39 is 26.6 Å². The first-order valence-electron chi connectivity index (χ1n) is 32.3. The van der Waals surface area contributed by atoms with Crippen molar-refractivity contribution >= 4 is 19.7 Å². The molecule has 0 aliphatic rings. The molecule has 448 valence electrons. The number of phosphoric ester groups is 1. The molecule has 3 atom stereocenters. The van der Waals surface area contributed by atoms with Crippen LogP contribution in [0.15, 0.2) is 72.9 Å². The molecule has 0 heterocycles. The highest BCUT2D eigenvalue weighted by Gasteiger charge is 2.27. The normalized spacial score (nSPS) is 14.1. The van der Waals surface area contributed by atoms with Crippen molar-refractivity contribution in [3.05, 3.63) is 72.9 Å². The first kappa shape index (κ1) is 74.5. The van der Waals surface area contributed by atoms with Crippen molar-refractivity contribution in [2.24, 2.45) is 0 Å². The van der Waals surface area contributed by atoms with Gasteiger partial charge in [-0.25, -0.2) is 0 Å². The second-order valence-corrected chi connectivity index (χ2v) is 24.3. The summed E-state index contributed by atoms with van der Waals surface area (Å²) in [7, 11) is 1.17. The lowest BCUT2D eigenvalue weighted by Crippen LogP contribution is -2.47. The van der Waals surface area contributed by atoms with Gasteiger partial charge in [0.15, 0.2) is 0 Å². The first-order chi connectivity index (χ1) is 37.4. The monoisotopic (exact) mass is 1100 g/mol. The number of quaternary nitrogens is 1. The van der Waals surface area contributed by atoms with Crippen LogP contribution in [0.5, 0.6) is 0 Å². The quantitative estimate of drug-likeness (QED) is 0.0161. The van der Waals surface area contributed by atoms with Gasteiger partial charge in [-0.2, -0.15) is 0 Å². The van der Waals surface area contributed by atoms with Gasteiger partial charge in [-0.15, -0.1) is 0 Å². The van der Waals surface area contributed by atoms with Crippen LogP contribution in [0.3, 0.4) is 0 Å². The molecule has 0 aliphatic carbocycles. The van der Waals surface area contributed by atoms with Crippen molar-refractivity contribution in [1.29, 1.82) is 0 Å². The van der Waals surface area contributed by atoms with Crippen LogP contribution < -0.4 is 10.2 Å². The Kier molecular flexibility index (Phi) is 54.8. The van der Waals surface area contributed by atoms with E-state index in [2.05, 4.69) is 86.8 Å². The molecule has 0 saturated carbocycles. The SMILES string of the molecule is CCCCC/C=C\C/C=C\C/C=C\CCCCCCCCCCCCC(=O)NC(COP(=O)([O-])OCC[N+](C)(C)C)C(/C=C\CCCCCCCCCCCCC)OC(=O)CCCCCCCC/C=C/C=C/CCCCC. The maximum Gasteiger partial charge on any atom is 0.306 e. The number of rotatable bonds is 58. The minimum Gasteiger partial charge on any atom is -0.756 e. The van der Waals surface area contributed by atoms with E-state index in [4.69, 9.17) is 13.8 Å². The molecule has 77 heavy (non-hydrogen) atoms. The van der Waals surface area contributed by atoms with Crippen LogP contribution in [-0.2, 0) is 27.9 Å².